The topological polar surface area (TPSA) is 102 Å². The van der Waals surface area contributed by atoms with Crippen molar-refractivity contribution in [3.05, 3.63) is 29.3 Å². The Morgan fingerprint density at radius 1 is 1.33 bits per heavy atom. The van der Waals surface area contributed by atoms with Crippen molar-refractivity contribution in [2.24, 2.45) is 5.73 Å². The molecule has 8 heteroatoms. The van der Waals surface area contributed by atoms with Crippen molar-refractivity contribution in [3.8, 4) is 0 Å². The van der Waals surface area contributed by atoms with Crippen LogP contribution in [0.15, 0.2) is 23.1 Å². The van der Waals surface area contributed by atoms with Crippen LogP contribution in [0.3, 0.4) is 0 Å². The van der Waals surface area contributed by atoms with Crippen LogP contribution >= 0.6 is 0 Å². The SMILES string of the molecule is CCc1ccc(C(=O)NCCCN)cc1S(=O)(=O)N1CCOCC1. The van der Waals surface area contributed by atoms with Gasteiger partial charge in [-0.05, 0) is 37.1 Å². The number of carbonyl (C=O) groups is 1. The molecule has 0 unspecified atom stereocenters. The maximum Gasteiger partial charge on any atom is 0.251 e. The van der Waals surface area contributed by atoms with Crippen LogP contribution in [-0.2, 0) is 21.2 Å². The van der Waals surface area contributed by atoms with Crippen LogP contribution in [-0.4, -0.2) is 58.0 Å². The van der Waals surface area contributed by atoms with Gasteiger partial charge in [0.1, 0.15) is 0 Å². The van der Waals surface area contributed by atoms with Gasteiger partial charge in [0.2, 0.25) is 10.0 Å². The molecule has 3 N–H and O–H groups in total. The molecule has 0 saturated carbocycles. The van der Waals surface area contributed by atoms with Crippen molar-refractivity contribution >= 4 is 15.9 Å². The fraction of sp³-hybridized carbons (Fsp3) is 0.562. The third-order valence-electron chi connectivity index (χ3n) is 3.96. The Morgan fingerprint density at radius 2 is 2.04 bits per heavy atom. The van der Waals surface area contributed by atoms with E-state index in [-0.39, 0.29) is 10.8 Å². The third kappa shape index (κ3) is 4.32. The zero-order valence-electron chi connectivity index (χ0n) is 14.0. The number of hydrogen-bond acceptors (Lipinski definition) is 5. The van der Waals surface area contributed by atoms with Gasteiger partial charge < -0.3 is 15.8 Å². The van der Waals surface area contributed by atoms with E-state index in [1.165, 1.54) is 10.4 Å². The molecule has 2 rings (SSSR count). The number of carbonyl (C=O) groups excluding carboxylic acids is 1. The second-order valence-corrected chi connectivity index (χ2v) is 7.50. The Bertz CT molecular complexity index is 670. The Morgan fingerprint density at radius 3 is 2.67 bits per heavy atom. The molecular weight excluding hydrogens is 330 g/mol. The standard InChI is InChI=1S/C16H25N3O4S/c1-2-13-4-5-14(16(20)18-7-3-6-17)12-15(13)24(21,22)19-8-10-23-11-9-19/h4-5,12H,2-3,6-11,17H2,1H3,(H,18,20). The summed E-state index contributed by atoms with van der Waals surface area (Å²) in [4.78, 5) is 12.4. The minimum absolute atomic E-state index is 0.207. The normalized spacial score (nSPS) is 16.1. The van der Waals surface area contributed by atoms with Gasteiger partial charge in [-0.3, -0.25) is 4.79 Å². The summed E-state index contributed by atoms with van der Waals surface area (Å²) in [5, 5.41) is 2.75. The predicted octanol–water partition coefficient (Wildman–Crippen LogP) is 0.349. The van der Waals surface area contributed by atoms with E-state index in [1.54, 1.807) is 12.1 Å². The molecule has 1 aromatic carbocycles. The van der Waals surface area contributed by atoms with Gasteiger partial charge in [0, 0.05) is 25.2 Å². The summed E-state index contributed by atoms with van der Waals surface area (Å²) >= 11 is 0. The quantitative estimate of drug-likeness (QED) is 0.687. The molecule has 0 spiro atoms. The molecule has 0 aliphatic carbocycles. The number of nitrogens with two attached hydrogens (primary N) is 1. The molecule has 1 fully saturated rings. The maximum atomic E-state index is 12.9. The molecule has 0 radical (unpaired) electrons. The Labute approximate surface area is 143 Å². The third-order valence-corrected chi connectivity index (χ3v) is 5.95. The van der Waals surface area contributed by atoms with Crippen LogP contribution in [0, 0.1) is 0 Å². The summed E-state index contributed by atoms with van der Waals surface area (Å²) < 4.78 is 32.5. The fourth-order valence-corrected chi connectivity index (χ4v) is 4.29. The summed E-state index contributed by atoms with van der Waals surface area (Å²) in [6, 6.07) is 4.85. The van der Waals surface area contributed by atoms with Gasteiger partial charge in [0.15, 0.2) is 0 Å². The van der Waals surface area contributed by atoms with Crippen LogP contribution in [0.4, 0.5) is 0 Å². The molecule has 0 atom stereocenters. The van der Waals surface area contributed by atoms with Crippen molar-refractivity contribution in [2.45, 2.75) is 24.7 Å². The molecule has 134 valence electrons. The maximum absolute atomic E-state index is 12.9. The number of morpholine rings is 1. The molecule has 7 nitrogen and oxygen atoms in total. The lowest BCUT2D eigenvalue weighted by atomic mass is 10.1. The number of ether oxygens (including phenoxy) is 1. The van der Waals surface area contributed by atoms with Gasteiger partial charge in [0.05, 0.1) is 18.1 Å². The average Bonchev–Trinajstić information content (AvgIpc) is 2.62. The first-order valence-electron chi connectivity index (χ1n) is 8.19. The molecular formula is C16H25N3O4S. The van der Waals surface area contributed by atoms with Crippen molar-refractivity contribution < 1.29 is 17.9 Å². The predicted molar refractivity (Wildman–Crippen MR) is 91.4 cm³/mol. The molecule has 24 heavy (non-hydrogen) atoms. The van der Waals surface area contributed by atoms with E-state index < -0.39 is 10.0 Å². The molecule has 1 amide bonds. The lowest BCUT2D eigenvalue weighted by molar-refractivity contribution is 0.0730. The van der Waals surface area contributed by atoms with Crippen LogP contribution < -0.4 is 11.1 Å². The van der Waals surface area contributed by atoms with Gasteiger partial charge in [0.25, 0.3) is 5.91 Å². The van der Waals surface area contributed by atoms with E-state index in [4.69, 9.17) is 10.5 Å². The summed E-state index contributed by atoms with van der Waals surface area (Å²) in [7, 11) is -3.63. The van der Waals surface area contributed by atoms with Crippen LogP contribution in [0.25, 0.3) is 0 Å². The zero-order valence-corrected chi connectivity index (χ0v) is 14.8. The number of nitrogens with one attached hydrogen (secondary N) is 1. The molecule has 1 aliphatic heterocycles. The van der Waals surface area contributed by atoms with Crippen LogP contribution in [0.2, 0.25) is 0 Å². The first kappa shape index (κ1) is 18.9. The molecule has 1 aromatic rings. The van der Waals surface area contributed by atoms with Gasteiger partial charge in [-0.2, -0.15) is 4.31 Å². The van der Waals surface area contributed by atoms with Gasteiger partial charge in [-0.15, -0.1) is 0 Å². The number of benzene rings is 1. The van der Waals surface area contributed by atoms with Crippen molar-refractivity contribution in [3.63, 3.8) is 0 Å². The first-order chi connectivity index (χ1) is 11.5. The van der Waals surface area contributed by atoms with E-state index in [1.807, 2.05) is 6.92 Å². The summed E-state index contributed by atoms with van der Waals surface area (Å²) in [5.74, 6) is -0.287. The van der Waals surface area contributed by atoms with Crippen LogP contribution in [0.1, 0.15) is 29.3 Å². The number of hydrogen-bond donors (Lipinski definition) is 2. The summed E-state index contributed by atoms with van der Waals surface area (Å²) in [5.41, 5.74) is 6.46. The van der Waals surface area contributed by atoms with Gasteiger partial charge >= 0.3 is 0 Å². The Balaban J connectivity index is 2.30. The van der Waals surface area contributed by atoms with E-state index in [2.05, 4.69) is 5.32 Å². The van der Waals surface area contributed by atoms with E-state index in [9.17, 15) is 13.2 Å². The van der Waals surface area contributed by atoms with Gasteiger partial charge in [-0.25, -0.2) is 8.42 Å². The molecule has 0 bridgehead atoms. The van der Waals surface area contributed by atoms with Crippen molar-refractivity contribution in [1.82, 2.24) is 9.62 Å². The highest BCUT2D eigenvalue weighted by Crippen LogP contribution is 2.23. The molecule has 1 saturated heterocycles. The number of rotatable bonds is 7. The fourth-order valence-electron chi connectivity index (χ4n) is 2.56. The summed E-state index contributed by atoms with van der Waals surface area (Å²) in [6.07, 6.45) is 1.26. The highest BCUT2D eigenvalue weighted by molar-refractivity contribution is 7.89. The molecule has 0 aromatic heterocycles. The lowest BCUT2D eigenvalue weighted by Crippen LogP contribution is -2.41. The number of nitrogens with zero attached hydrogens (tertiary/aromatic N) is 1. The monoisotopic (exact) mass is 355 g/mol. The first-order valence-corrected chi connectivity index (χ1v) is 9.63. The van der Waals surface area contributed by atoms with Crippen molar-refractivity contribution in [2.75, 3.05) is 39.4 Å². The van der Waals surface area contributed by atoms with Gasteiger partial charge in [-0.1, -0.05) is 13.0 Å². The minimum Gasteiger partial charge on any atom is -0.379 e. The lowest BCUT2D eigenvalue weighted by Gasteiger charge is -2.27. The van der Waals surface area contributed by atoms with E-state index >= 15 is 0 Å². The number of amides is 1. The average molecular weight is 355 g/mol. The number of aryl methyl sites for hydroxylation is 1. The summed E-state index contributed by atoms with van der Waals surface area (Å²) in [6.45, 7) is 4.30. The van der Waals surface area contributed by atoms with E-state index in [0.29, 0.717) is 63.4 Å². The minimum atomic E-state index is -3.63. The Hall–Kier alpha value is -1.48. The van der Waals surface area contributed by atoms with Crippen molar-refractivity contribution in [1.29, 1.82) is 0 Å². The smallest absolute Gasteiger partial charge is 0.251 e. The largest absolute Gasteiger partial charge is 0.379 e. The highest BCUT2D eigenvalue weighted by Gasteiger charge is 2.28. The Kier molecular flexibility index (Phi) is 6.73. The molecule has 1 heterocycles. The number of sulfonamides is 1. The highest BCUT2D eigenvalue weighted by atomic mass is 32.2. The van der Waals surface area contributed by atoms with E-state index in [0.717, 1.165) is 0 Å². The zero-order chi connectivity index (χ0) is 17.6. The second kappa shape index (κ2) is 8.57. The van der Waals surface area contributed by atoms with Crippen LogP contribution in [0.5, 0.6) is 0 Å². The molecule has 1 aliphatic rings. The second-order valence-electron chi connectivity index (χ2n) is 5.59.